The van der Waals surface area contributed by atoms with Gasteiger partial charge in [-0.15, -0.1) is 6.42 Å². The Morgan fingerprint density at radius 3 is 2.46 bits per heavy atom. The molecule has 0 fully saturated rings. The third-order valence-electron chi connectivity index (χ3n) is 1.72. The first kappa shape index (κ1) is 9.16. The maximum atomic E-state index is 8.76. The number of hydrogen-bond acceptors (Lipinski definition) is 2. The molecule has 0 saturated heterocycles. The predicted octanol–water partition coefficient (Wildman–Crippen LogP) is 1.92. The molecule has 0 atom stereocenters. The molecule has 0 unspecified atom stereocenters. The van der Waals surface area contributed by atoms with Gasteiger partial charge in [0.25, 0.3) is 0 Å². The second-order valence-corrected chi connectivity index (χ2v) is 2.73. The van der Waals surface area contributed by atoms with Crippen molar-refractivity contribution in [1.82, 2.24) is 0 Å². The molecule has 0 bridgehead atoms. The molecule has 0 aliphatic carbocycles. The Hall–Kier alpha value is -1.93. The standard InChI is InChI=1S/C11H10N2/c1-3-8-13(9-12)11-6-4-10(2)5-7-11/h1,4-7H,8H2,2H3. The Morgan fingerprint density at radius 2 is 2.00 bits per heavy atom. The van der Waals surface area contributed by atoms with E-state index in [9.17, 15) is 0 Å². The Kier molecular flexibility index (Phi) is 2.95. The molecule has 1 aromatic carbocycles. The maximum absolute atomic E-state index is 8.76. The zero-order chi connectivity index (χ0) is 9.68. The van der Waals surface area contributed by atoms with Gasteiger partial charge in [0.2, 0.25) is 0 Å². The fraction of sp³-hybridized carbons (Fsp3) is 0.182. The number of rotatable bonds is 2. The summed E-state index contributed by atoms with van der Waals surface area (Å²) in [5.41, 5.74) is 2.01. The van der Waals surface area contributed by atoms with Crippen LogP contribution in [0.5, 0.6) is 0 Å². The molecule has 1 rings (SSSR count). The molecule has 2 nitrogen and oxygen atoms in total. The van der Waals surface area contributed by atoms with Crippen molar-refractivity contribution in [3.05, 3.63) is 29.8 Å². The molecule has 0 aliphatic heterocycles. The Bertz CT molecular complexity index is 351. The number of nitriles is 1. The number of terminal acetylenes is 1. The van der Waals surface area contributed by atoms with Gasteiger partial charge in [-0.05, 0) is 19.1 Å². The van der Waals surface area contributed by atoms with Crippen molar-refractivity contribution < 1.29 is 0 Å². The normalized spacial score (nSPS) is 8.54. The molecule has 2 heteroatoms. The number of benzene rings is 1. The van der Waals surface area contributed by atoms with E-state index in [1.54, 1.807) is 0 Å². The highest BCUT2D eigenvalue weighted by Crippen LogP contribution is 2.13. The van der Waals surface area contributed by atoms with Gasteiger partial charge in [-0.25, -0.2) is 0 Å². The van der Waals surface area contributed by atoms with E-state index in [0.717, 1.165) is 5.69 Å². The van der Waals surface area contributed by atoms with Gasteiger partial charge in [-0.1, -0.05) is 23.6 Å². The van der Waals surface area contributed by atoms with Gasteiger partial charge in [-0.2, -0.15) is 5.26 Å². The number of anilines is 1. The molecular formula is C11H10N2. The van der Waals surface area contributed by atoms with Crippen LogP contribution in [0.4, 0.5) is 5.69 Å². The highest BCUT2D eigenvalue weighted by molar-refractivity contribution is 5.52. The fourth-order valence-corrected chi connectivity index (χ4v) is 1.00. The maximum Gasteiger partial charge on any atom is 0.185 e. The van der Waals surface area contributed by atoms with E-state index < -0.39 is 0 Å². The van der Waals surface area contributed by atoms with E-state index in [2.05, 4.69) is 5.92 Å². The lowest BCUT2D eigenvalue weighted by Gasteiger charge is -2.11. The summed E-state index contributed by atoms with van der Waals surface area (Å²) in [6.45, 7) is 2.32. The second kappa shape index (κ2) is 4.18. The minimum absolute atomic E-state index is 0.319. The lowest BCUT2D eigenvalue weighted by Crippen LogP contribution is -2.15. The second-order valence-electron chi connectivity index (χ2n) is 2.73. The summed E-state index contributed by atoms with van der Waals surface area (Å²) >= 11 is 0. The highest BCUT2D eigenvalue weighted by Gasteiger charge is 2.01. The Morgan fingerprint density at radius 1 is 1.38 bits per heavy atom. The van der Waals surface area contributed by atoms with Crippen molar-refractivity contribution in [2.24, 2.45) is 0 Å². The lowest BCUT2D eigenvalue weighted by atomic mass is 10.2. The van der Waals surface area contributed by atoms with Gasteiger partial charge in [0.15, 0.2) is 6.19 Å². The topological polar surface area (TPSA) is 27.0 Å². The molecule has 0 aromatic heterocycles. The first-order chi connectivity index (χ1) is 6.27. The fourth-order valence-electron chi connectivity index (χ4n) is 1.00. The zero-order valence-electron chi connectivity index (χ0n) is 7.49. The minimum atomic E-state index is 0.319. The van der Waals surface area contributed by atoms with Crippen LogP contribution in [0, 0.1) is 30.7 Å². The van der Waals surface area contributed by atoms with Crippen LogP contribution < -0.4 is 4.90 Å². The van der Waals surface area contributed by atoms with Gasteiger partial charge < -0.3 is 0 Å². The van der Waals surface area contributed by atoms with E-state index in [1.807, 2.05) is 37.4 Å². The predicted molar refractivity (Wildman–Crippen MR) is 53.0 cm³/mol. The SMILES string of the molecule is C#CCN(C#N)c1ccc(C)cc1. The number of hydrogen-bond donors (Lipinski definition) is 0. The molecule has 0 aliphatic rings. The molecular weight excluding hydrogens is 160 g/mol. The van der Waals surface area contributed by atoms with Gasteiger partial charge >= 0.3 is 0 Å². The molecule has 64 valence electrons. The first-order valence-electron chi connectivity index (χ1n) is 3.95. The van der Waals surface area contributed by atoms with Gasteiger partial charge in [-0.3, -0.25) is 4.90 Å². The summed E-state index contributed by atoms with van der Waals surface area (Å²) in [6, 6.07) is 7.68. The summed E-state index contributed by atoms with van der Waals surface area (Å²) in [6.07, 6.45) is 7.16. The quantitative estimate of drug-likeness (QED) is 0.385. The molecule has 0 radical (unpaired) electrons. The van der Waals surface area contributed by atoms with Gasteiger partial charge in [0.1, 0.15) is 0 Å². The van der Waals surface area contributed by atoms with Crippen LogP contribution in [0.2, 0.25) is 0 Å². The smallest absolute Gasteiger partial charge is 0.185 e. The van der Waals surface area contributed by atoms with Crippen LogP contribution in [0.1, 0.15) is 5.56 Å². The van der Waals surface area contributed by atoms with Gasteiger partial charge in [0.05, 0.1) is 12.2 Å². The Labute approximate surface area is 78.4 Å². The van der Waals surface area contributed by atoms with Gasteiger partial charge in [0, 0.05) is 0 Å². The molecule has 0 saturated carbocycles. The Balaban J connectivity index is 2.89. The molecule has 0 heterocycles. The first-order valence-corrected chi connectivity index (χ1v) is 3.95. The minimum Gasteiger partial charge on any atom is -0.268 e. The van der Waals surface area contributed by atoms with Crippen LogP contribution in [0.3, 0.4) is 0 Å². The van der Waals surface area contributed by atoms with E-state index >= 15 is 0 Å². The van der Waals surface area contributed by atoms with Crippen LogP contribution in [0.25, 0.3) is 0 Å². The van der Waals surface area contributed by atoms with Crippen molar-refractivity contribution in [1.29, 1.82) is 5.26 Å². The summed E-state index contributed by atoms with van der Waals surface area (Å²) in [7, 11) is 0. The van der Waals surface area contributed by atoms with E-state index in [0.29, 0.717) is 6.54 Å². The highest BCUT2D eigenvalue weighted by atomic mass is 15.1. The zero-order valence-corrected chi connectivity index (χ0v) is 7.49. The lowest BCUT2D eigenvalue weighted by molar-refractivity contribution is 1.12. The summed E-state index contributed by atoms with van der Waals surface area (Å²) in [5.74, 6) is 2.44. The van der Waals surface area contributed by atoms with Crippen LogP contribution in [-0.4, -0.2) is 6.54 Å². The third kappa shape index (κ3) is 2.25. The van der Waals surface area contributed by atoms with Crippen molar-refractivity contribution in [3.63, 3.8) is 0 Å². The number of aryl methyl sites for hydroxylation is 1. The van der Waals surface area contributed by atoms with Crippen molar-refractivity contribution >= 4 is 5.69 Å². The average Bonchev–Trinajstić information content (AvgIpc) is 2.16. The molecule has 0 spiro atoms. The van der Waals surface area contributed by atoms with Crippen LogP contribution >= 0.6 is 0 Å². The largest absolute Gasteiger partial charge is 0.268 e. The number of nitrogens with zero attached hydrogens (tertiary/aromatic N) is 2. The van der Waals surface area contributed by atoms with Crippen molar-refractivity contribution in [2.45, 2.75) is 6.92 Å². The summed E-state index contributed by atoms with van der Waals surface area (Å²) < 4.78 is 0. The van der Waals surface area contributed by atoms with E-state index in [1.165, 1.54) is 10.5 Å². The monoisotopic (exact) mass is 170 g/mol. The molecule has 1 aromatic rings. The molecule has 0 N–H and O–H groups in total. The summed E-state index contributed by atoms with van der Waals surface area (Å²) in [5, 5.41) is 8.76. The average molecular weight is 170 g/mol. The van der Waals surface area contributed by atoms with E-state index in [4.69, 9.17) is 11.7 Å². The van der Waals surface area contributed by atoms with Crippen molar-refractivity contribution in [3.8, 4) is 18.5 Å². The van der Waals surface area contributed by atoms with Crippen LogP contribution in [-0.2, 0) is 0 Å². The van der Waals surface area contributed by atoms with Crippen LogP contribution in [0.15, 0.2) is 24.3 Å². The molecule has 0 amide bonds. The van der Waals surface area contributed by atoms with Crippen molar-refractivity contribution in [2.75, 3.05) is 11.4 Å². The van der Waals surface area contributed by atoms with E-state index in [-0.39, 0.29) is 0 Å². The molecule has 13 heavy (non-hydrogen) atoms. The third-order valence-corrected chi connectivity index (χ3v) is 1.72. The summed E-state index contributed by atoms with van der Waals surface area (Å²) in [4.78, 5) is 1.47.